The van der Waals surface area contributed by atoms with Gasteiger partial charge in [0.2, 0.25) is 0 Å². The lowest BCUT2D eigenvalue weighted by Crippen LogP contribution is -2.25. The van der Waals surface area contributed by atoms with Gasteiger partial charge in [-0.05, 0) is 36.5 Å². The molecule has 1 aromatic rings. The number of fused-ring (bicyclic) bond motifs is 1. The van der Waals surface area contributed by atoms with Crippen molar-refractivity contribution in [2.75, 3.05) is 13.7 Å². The number of hydrogen-bond donors (Lipinski definition) is 2. The summed E-state index contributed by atoms with van der Waals surface area (Å²) >= 11 is 0. The quantitative estimate of drug-likeness (QED) is 0.827. The third-order valence-electron chi connectivity index (χ3n) is 3.07. The van der Waals surface area contributed by atoms with E-state index in [-0.39, 0.29) is 12.5 Å². The van der Waals surface area contributed by atoms with Crippen LogP contribution in [0.5, 0.6) is 5.75 Å². The molecule has 1 atom stereocenters. The number of rotatable bonds is 3. The third-order valence-corrected chi connectivity index (χ3v) is 3.07. The molecule has 1 unspecified atom stereocenters. The minimum absolute atomic E-state index is 0.0169. The SMILES string of the molecule is CNC(=O)COc1cccc2c1CCCC2O. The van der Waals surface area contributed by atoms with Gasteiger partial charge in [0, 0.05) is 7.05 Å². The van der Waals surface area contributed by atoms with Crippen molar-refractivity contribution >= 4 is 5.91 Å². The highest BCUT2D eigenvalue weighted by Gasteiger charge is 2.20. The molecule has 0 fully saturated rings. The van der Waals surface area contributed by atoms with Crippen LogP contribution in [-0.2, 0) is 11.2 Å². The van der Waals surface area contributed by atoms with Crippen molar-refractivity contribution < 1.29 is 14.6 Å². The Bertz CT molecular complexity index is 417. The van der Waals surface area contributed by atoms with Gasteiger partial charge in [-0.25, -0.2) is 0 Å². The number of likely N-dealkylation sites (N-methyl/N-ethyl adjacent to an activating group) is 1. The normalized spacial score (nSPS) is 18.4. The van der Waals surface area contributed by atoms with Gasteiger partial charge in [-0.1, -0.05) is 12.1 Å². The average Bonchev–Trinajstić information content (AvgIpc) is 2.36. The Hall–Kier alpha value is -1.55. The van der Waals surface area contributed by atoms with Gasteiger partial charge in [-0.3, -0.25) is 4.79 Å². The van der Waals surface area contributed by atoms with Crippen LogP contribution in [0.3, 0.4) is 0 Å². The Balaban J connectivity index is 2.17. The van der Waals surface area contributed by atoms with Gasteiger partial charge >= 0.3 is 0 Å². The Labute approximate surface area is 101 Å². The second-order valence-corrected chi connectivity index (χ2v) is 4.19. The smallest absolute Gasteiger partial charge is 0.257 e. The number of amides is 1. The second-order valence-electron chi connectivity index (χ2n) is 4.19. The molecule has 1 aromatic carbocycles. The molecule has 4 heteroatoms. The van der Waals surface area contributed by atoms with Crippen molar-refractivity contribution in [2.24, 2.45) is 0 Å². The lowest BCUT2D eigenvalue weighted by atomic mass is 9.89. The van der Waals surface area contributed by atoms with Gasteiger partial charge in [0.25, 0.3) is 5.91 Å². The first kappa shape index (κ1) is 11.9. The number of benzene rings is 1. The highest BCUT2D eigenvalue weighted by molar-refractivity contribution is 5.77. The molecule has 17 heavy (non-hydrogen) atoms. The third kappa shape index (κ3) is 2.58. The van der Waals surface area contributed by atoms with E-state index in [1.54, 1.807) is 7.05 Å². The second kappa shape index (κ2) is 5.19. The summed E-state index contributed by atoms with van der Waals surface area (Å²) in [6.45, 7) is 0.0169. The summed E-state index contributed by atoms with van der Waals surface area (Å²) in [5, 5.41) is 12.4. The number of carbonyl (C=O) groups excluding carboxylic acids is 1. The molecule has 0 aliphatic heterocycles. The maximum Gasteiger partial charge on any atom is 0.257 e. The van der Waals surface area contributed by atoms with E-state index in [0.29, 0.717) is 5.75 Å². The van der Waals surface area contributed by atoms with Crippen LogP contribution >= 0.6 is 0 Å². The van der Waals surface area contributed by atoms with Crippen LogP contribution in [0.15, 0.2) is 18.2 Å². The van der Waals surface area contributed by atoms with Gasteiger partial charge in [0.15, 0.2) is 6.61 Å². The summed E-state index contributed by atoms with van der Waals surface area (Å²) in [6, 6.07) is 5.62. The molecule has 2 rings (SSSR count). The maximum absolute atomic E-state index is 11.1. The number of aliphatic hydroxyl groups excluding tert-OH is 1. The topological polar surface area (TPSA) is 58.6 Å². The van der Waals surface area contributed by atoms with Crippen LogP contribution in [-0.4, -0.2) is 24.7 Å². The van der Waals surface area contributed by atoms with Crippen molar-refractivity contribution in [3.05, 3.63) is 29.3 Å². The Morgan fingerprint density at radius 1 is 1.59 bits per heavy atom. The van der Waals surface area contributed by atoms with E-state index in [4.69, 9.17) is 4.74 Å². The van der Waals surface area contributed by atoms with E-state index in [2.05, 4.69) is 5.32 Å². The molecule has 2 N–H and O–H groups in total. The van der Waals surface area contributed by atoms with Crippen LogP contribution in [0.4, 0.5) is 0 Å². The molecule has 0 radical (unpaired) electrons. The number of ether oxygens (including phenoxy) is 1. The van der Waals surface area contributed by atoms with E-state index in [1.807, 2.05) is 18.2 Å². The number of nitrogens with one attached hydrogen (secondary N) is 1. The van der Waals surface area contributed by atoms with E-state index < -0.39 is 6.10 Å². The van der Waals surface area contributed by atoms with E-state index >= 15 is 0 Å². The number of carbonyl (C=O) groups is 1. The Morgan fingerprint density at radius 3 is 3.18 bits per heavy atom. The lowest BCUT2D eigenvalue weighted by Gasteiger charge is -2.23. The summed E-state index contributed by atoms with van der Waals surface area (Å²) in [7, 11) is 1.58. The molecule has 0 saturated heterocycles. The van der Waals surface area contributed by atoms with Gasteiger partial charge in [0.05, 0.1) is 6.10 Å². The van der Waals surface area contributed by atoms with Gasteiger partial charge in [0.1, 0.15) is 5.75 Å². The molecule has 0 heterocycles. The van der Waals surface area contributed by atoms with Crippen LogP contribution in [0, 0.1) is 0 Å². The molecule has 0 spiro atoms. The predicted octanol–water partition coefficient (Wildman–Crippen LogP) is 1.18. The standard InChI is InChI=1S/C13H17NO3/c1-14-13(16)8-17-12-7-3-4-9-10(12)5-2-6-11(9)15/h3-4,7,11,15H,2,5-6,8H2,1H3,(H,14,16). The molecule has 1 aliphatic rings. The Morgan fingerprint density at radius 2 is 2.41 bits per heavy atom. The largest absolute Gasteiger partial charge is 0.483 e. The molecule has 1 amide bonds. The minimum Gasteiger partial charge on any atom is -0.483 e. The van der Waals surface area contributed by atoms with Crippen molar-refractivity contribution in [2.45, 2.75) is 25.4 Å². The van der Waals surface area contributed by atoms with Crippen LogP contribution in [0.25, 0.3) is 0 Å². The summed E-state index contributed by atoms with van der Waals surface area (Å²) < 4.78 is 5.48. The monoisotopic (exact) mass is 235 g/mol. The summed E-state index contributed by atoms with van der Waals surface area (Å²) in [5.74, 6) is 0.559. The highest BCUT2D eigenvalue weighted by atomic mass is 16.5. The fraction of sp³-hybridized carbons (Fsp3) is 0.462. The Kier molecular flexibility index (Phi) is 3.64. The fourth-order valence-corrected chi connectivity index (χ4v) is 2.14. The first-order chi connectivity index (χ1) is 8.22. The minimum atomic E-state index is -0.401. The zero-order chi connectivity index (χ0) is 12.3. The highest BCUT2D eigenvalue weighted by Crippen LogP contribution is 2.35. The first-order valence-electron chi connectivity index (χ1n) is 5.85. The van der Waals surface area contributed by atoms with Gasteiger partial charge in [-0.2, -0.15) is 0 Å². The van der Waals surface area contributed by atoms with Gasteiger partial charge < -0.3 is 15.2 Å². The zero-order valence-electron chi connectivity index (χ0n) is 9.90. The summed E-state index contributed by atoms with van der Waals surface area (Å²) in [4.78, 5) is 11.1. The molecule has 0 aromatic heterocycles. The first-order valence-corrected chi connectivity index (χ1v) is 5.85. The van der Waals surface area contributed by atoms with E-state index in [0.717, 1.165) is 30.4 Å². The van der Waals surface area contributed by atoms with Crippen molar-refractivity contribution in [1.29, 1.82) is 0 Å². The van der Waals surface area contributed by atoms with Gasteiger partial charge in [-0.15, -0.1) is 0 Å². The lowest BCUT2D eigenvalue weighted by molar-refractivity contribution is -0.122. The molecular weight excluding hydrogens is 218 g/mol. The molecule has 0 bridgehead atoms. The van der Waals surface area contributed by atoms with Crippen LogP contribution in [0.2, 0.25) is 0 Å². The molecule has 1 aliphatic carbocycles. The van der Waals surface area contributed by atoms with Crippen LogP contribution in [0.1, 0.15) is 30.1 Å². The van der Waals surface area contributed by atoms with Crippen LogP contribution < -0.4 is 10.1 Å². The molecule has 0 saturated carbocycles. The van der Waals surface area contributed by atoms with Crippen molar-refractivity contribution in [1.82, 2.24) is 5.32 Å². The van der Waals surface area contributed by atoms with E-state index in [1.165, 1.54) is 0 Å². The number of hydrogen-bond acceptors (Lipinski definition) is 3. The van der Waals surface area contributed by atoms with Crippen molar-refractivity contribution in [3.8, 4) is 5.75 Å². The predicted molar refractivity (Wildman–Crippen MR) is 63.9 cm³/mol. The number of aliphatic hydroxyl groups is 1. The zero-order valence-corrected chi connectivity index (χ0v) is 9.90. The average molecular weight is 235 g/mol. The molecular formula is C13H17NO3. The van der Waals surface area contributed by atoms with Crippen molar-refractivity contribution in [3.63, 3.8) is 0 Å². The molecule has 4 nitrogen and oxygen atoms in total. The maximum atomic E-state index is 11.1. The van der Waals surface area contributed by atoms with E-state index in [9.17, 15) is 9.90 Å². The summed E-state index contributed by atoms with van der Waals surface area (Å²) in [5.41, 5.74) is 1.97. The fourth-order valence-electron chi connectivity index (χ4n) is 2.14. The summed E-state index contributed by atoms with van der Waals surface area (Å²) in [6.07, 6.45) is 2.25. The molecule has 92 valence electrons.